The van der Waals surface area contributed by atoms with E-state index in [1.54, 1.807) is 0 Å². The maximum absolute atomic E-state index is 13.5. The van der Waals surface area contributed by atoms with Gasteiger partial charge in [-0.3, -0.25) is 14.5 Å². The van der Waals surface area contributed by atoms with Gasteiger partial charge in [0.25, 0.3) is 0 Å². The summed E-state index contributed by atoms with van der Waals surface area (Å²) in [4.78, 5) is 27.2. The number of hydrogen-bond acceptors (Lipinski definition) is 4. The summed E-state index contributed by atoms with van der Waals surface area (Å²) in [5.74, 6) is 0.309. The lowest BCUT2D eigenvalue weighted by atomic mass is 9.76. The largest absolute Gasteiger partial charge is 0.489 e. The van der Waals surface area contributed by atoms with Crippen LogP contribution in [0.4, 0.5) is 0 Å². The lowest BCUT2D eigenvalue weighted by Crippen LogP contribution is -2.49. The quantitative estimate of drug-likeness (QED) is 0.707. The van der Waals surface area contributed by atoms with Crippen molar-refractivity contribution in [2.45, 2.75) is 51.2 Å². The molecular formula is C24H30N2O3. The molecule has 1 atom stereocenters. The number of nitrogens with zero attached hydrogens (tertiary/aromatic N) is 1. The zero-order valence-electron chi connectivity index (χ0n) is 17.3. The minimum Gasteiger partial charge on any atom is -0.489 e. The van der Waals surface area contributed by atoms with Crippen LogP contribution < -0.4 is 10.5 Å². The predicted molar refractivity (Wildman–Crippen MR) is 114 cm³/mol. The Kier molecular flexibility index (Phi) is 6.70. The molecule has 1 unspecified atom stereocenters. The van der Waals surface area contributed by atoms with Gasteiger partial charge >= 0.3 is 0 Å². The molecule has 0 aromatic heterocycles. The highest BCUT2D eigenvalue weighted by Gasteiger charge is 2.39. The van der Waals surface area contributed by atoms with Crippen molar-refractivity contribution in [2.24, 2.45) is 5.73 Å². The third-order valence-electron chi connectivity index (χ3n) is 5.70. The molecule has 0 spiro atoms. The molecule has 1 fully saturated rings. The molecule has 2 aromatic carbocycles. The second kappa shape index (κ2) is 9.23. The molecule has 3 rings (SSSR count). The molecule has 1 aliphatic rings. The fraction of sp³-hybridized carbons (Fsp3) is 0.417. The summed E-state index contributed by atoms with van der Waals surface area (Å²) in [5, 5.41) is 0. The van der Waals surface area contributed by atoms with Crippen LogP contribution in [0.2, 0.25) is 0 Å². The minimum atomic E-state index is -0.755. The molecule has 0 aliphatic carbocycles. The van der Waals surface area contributed by atoms with Crippen molar-refractivity contribution in [2.75, 3.05) is 13.1 Å². The van der Waals surface area contributed by atoms with Gasteiger partial charge in [0, 0.05) is 6.42 Å². The van der Waals surface area contributed by atoms with Gasteiger partial charge in [0.1, 0.15) is 12.4 Å². The van der Waals surface area contributed by atoms with E-state index in [2.05, 4.69) is 4.90 Å². The third-order valence-corrected chi connectivity index (χ3v) is 5.70. The Labute approximate surface area is 172 Å². The average molecular weight is 395 g/mol. The van der Waals surface area contributed by atoms with Crippen LogP contribution in [0, 0.1) is 0 Å². The topological polar surface area (TPSA) is 72.6 Å². The van der Waals surface area contributed by atoms with Crippen molar-refractivity contribution in [3.05, 3.63) is 65.7 Å². The van der Waals surface area contributed by atoms with Crippen molar-refractivity contribution >= 4 is 11.7 Å². The number of Topliss-reactive ketones (excluding diaryl/α,β-unsaturated/α-hetero) is 1. The fourth-order valence-electron chi connectivity index (χ4n) is 3.91. The number of carbonyl (C=O) groups excluding carboxylic acids is 2. The number of rotatable bonds is 9. The Hall–Kier alpha value is -2.66. The number of benzene rings is 2. The summed E-state index contributed by atoms with van der Waals surface area (Å²) in [6.07, 6.45) is 2.16. The van der Waals surface area contributed by atoms with Crippen LogP contribution in [0.3, 0.4) is 0 Å². The van der Waals surface area contributed by atoms with Gasteiger partial charge in [0.2, 0.25) is 5.91 Å². The highest BCUT2D eigenvalue weighted by Crippen LogP contribution is 2.31. The van der Waals surface area contributed by atoms with Gasteiger partial charge < -0.3 is 10.5 Å². The second-order valence-electron chi connectivity index (χ2n) is 8.22. The number of carbonyl (C=O) groups is 2. The number of likely N-dealkylation sites (tertiary alicyclic amines) is 1. The minimum absolute atomic E-state index is 0.0263. The summed E-state index contributed by atoms with van der Waals surface area (Å²) < 4.78 is 5.94. The van der Waals surface area contributed by atoms with E-state index in [0.29, 0.717) is 6.61 Å². The first-order chi connectivity index (χ1) is 13.9. The Morgan fingerprint density at radius 1 is 1.07 bits per heavy atom. The number of ketones is 1. The van der Waals surface area contributed by atoms with Gasteiger partial charge in [-0.2, -0.15) is 0 Å². The number of amides is 1. The normalized spacial score (nSPS) is 15.8. The number of primary amides is 1. The van der Waals surface area contributed by atoms with E-state index in [1.807, 2.05) is 68.4 Å². The van der Waals surface area contributed by atoms with E-state index >= 15 is 0 Å². The standard InChI is InChI=1S/C24H30N2O3/c1-24(2,23(28)21(16-22(25)27)26-13-6-7-14-26)19-11-8-12-20(15-19)29-17-18-9-4-3-5-10-18/h3-5,8-12,15,21H,6-7,13-14,16-17H2,1-2H3,(H2,25,27). The molecular weight excluding hydrogens is 364 g/mol. The zero-order chi connectivity index (χ0) is 20.9. The first-order valence-electron chi connectivity index (χ1n) is 10.2. The van der Waals surface area contributed by atoms with E-state index < -0.39 is 17.4 Å². The van der Waals surface area contributed by atoms with Crippen LogP contribution in [0.15, 0.2) is 54.6 Å². The SMILES string of the molecule is CC(C)(C(=O)C(CC(N)=O)N1CCCC1)c1cccc(OCc2ccccc2)c1. The van der Waals surface area contributed by atoms with Crippen molar-refractivity contribution in [1.82, 2.24) is 4.90 Å². The van der Waals surface area contributed by atoms with E-state index in [-0.39, 0.29) is 12.2 Å². The molecule has 2 N–H and O–H groups in total. The molecule has 2 aromatic rings. The van der Waals surface area contributed by atoms with Gasteiger partial charge in [-0.25, -0.2) is 0 Å². The molecule has 5 heteroatoms. The van der Waals surface area contributed by atoms with Crippen LogP contribution in [0.5, 0.6) is 5.75 Å². The number of nitrogens with two attached hydrogens (primary N) is 1. The lowest BCUT2D eigenvalue weighted by Gasteiger charge is -2.33. The van der Waals surface area contributed by atoms with Crippen molar-refractivity contribution < 1.29 is 14.3 Å². The van der Waals surface area contributed by atoms with Crippen LogP contribution >= 0.6 is 0 Å². The molecule has 154 valence electrons. The first kappa shape index (κ1) is 21.1. The smallest absolute Gasteiger partial charge is 0.219 e. The molecule has 0 bridgehead atoms. The molecule has 1 amide bonds. The van der Waals surface area contributed by atoms with Gasteiger partial charge in [0.15, 0.2) is 5.78 Å². The molecule has 0 saturated carbocycles. The molecule has 5 nitrogen and oxygen atoms in total. The highest BCUT2D eigenvalue weighted by atomic mass is 16.5. The summed E-state index contributed by atoms with van der Waals surface area (Å²) in [6, 6.07) is 17.2. The van der Waals surface area contributed by atoms with Gasteiger partial charge in [0.05, 0.1) is 11.5 Å². The van der Waals surface area contributed by atoms with Crippen LogP contribution in [-0.4, -0.2) is 35.7 Å². The molecule has 1 saturated heterocycles. The fourth-order valence-corrected chi connectivity index (χ4v) is 3.91. The van der Waals surface area contributed by atoms with E-state index in [0.717, 1.165) is 42.8 Å². The lowest BCUT2D eigenvalue weighted by molar-refractivity contribution is -0.132. The van der Waals surface area contributed by atoms with Crippen molar-refractivity contribution in [3.63, 3.8) is 0 Å². The van der Waals surface area contributed by atoms with E-state index in [4.69, 9.17) is 10.5 Å². The Morgan fingerprint density at radius 2 is 1.76 bits per heavy atom. The molecule has 0 radical (unpaired) electrons. The Morgan fingerprint density at radius 3 is 2.41 bits per heavy atom. The van der Waals surface area contributed by atoms with Crippen molar-refractivity contribution in [1.29, 1.82) is 0 Å². The zero-order valence-corrected chi connectivity index (χ0v) is 17.3. The highest BCUT2D eigenvalue weighted by molar-refractivity contribution is 5.96. The van der Waals surface area contributed by atoms with Crippen LogP contribution in [0.25, 0.3) is 0 Å². The molecule has 1 heterocycles. The maximum Gasteiger partial charge on any atom is 0.219 e. The Balaban J connectivity index is 1.77. The predicted octanol–water partition coefficient (Wildman–Crippen LogP) is 3.45. The summed E-state index contributed by atoms with van der Waals surface area (Å²) in [7, 11) is 0. The molecule has 1 aliphatic heterocycles. The first-order valence-corrected chi connectivity index (χ1v) is 10.2. The summed E-state index contributed by atoms with van der Waals surface area (Å²) >= 11 is 0. The molecule has 29 heavy (non-hydrogen) atoms. The summed E-state index contributed by atoms with van der Waals surface area (Å²) in [5.41, 5.74) is 6.67. The van der Waals surface area contributed by atoms with Gasteiger partial charge in [-0.15, -0.1) is 0 Å². The number of hydrogen-bond donors (Lipinski definition) is 1. The number of ether oxygens (including phenoxy) is 1. The van der Waals surface area contributed by atoms with E-state index in [1.165, 1.54) is 0 Å². The van der Waals surface area contributed by atoms with Crippen LogP contribution in [-0.2, 0) is 21.6 Å². The van der Waals surface area contributed by atoms with Crippen molar-refractivity contribution in [3.8, 4) is 5.75 Å². The van der Waals surface area contributed by atoms with Gasteiger partial charge in [-0.05, 0) is 63.0 Å². The van der Waals surface area contributed by atoms with Crippen LogP contribution in [0.1, 0.15) is 44.2 Å². The average Bonchev–Trinajstić information content (AvgIpc) is 3.25. The third kappa shape index (κ3) is 5.24. The monoisotopic (exact) mass is 394 g/mol. The maximum atomic E-state index is 13.5. The van der Waals surface area contributed by atoms with E-state index in [9.17, 15) is 9.59 Å². The Bertz CT molecular complexity index is 842. The second-order valence-corrected chi connectivity index (χ2v) is 8.22. The van der Waals surface area contributed by atoms with Gasteiger partial charge in [-0.1, -0.05) is 42.5 Å². The summed E-state index contributed by atoms with van der Waals surface area (Å²) in [6.45, 7) is 5.96.